The van der Waals surface area contributed by atoms with Crippen molar-refractivity contribution in [1.29, 1.82) is 0 Å². The van der Waals surface area contributed by atoms with E-state index in [2.05, 4.69) is 15.9 Å². The zero-order valence-corrected chi connectivity index (χ0v) is 13.0. The van der Waals surface area contributed by atoms with Gasteiger partial charge in [-0.3, -0.25) is 4.79 Å². The summed E-state index contributed by atoms with van der Waals surface area (Å²) >= 11 is 3.36. The van der Waals surface area contributed by atoms with Crippen LogP contribution in [-0.4, -0.2) is 34.0 Å². The first-order valence-corrected chi connectivity index (χ1v) is 7.62. The molecule has 5 heteroatoms. The highest BCUT2D eigenvalue weighted by atomic mass is 79.9. The number of carboxylic acid groups (broad SMARTS) is 1. The standard InChI is InChI=1S/C15H18BrNO3/c1-2-8-15(14(19)20)9-5-10-17(15)13(18)11-6-3-4-7-12(11)16/h3-4,6-7H,2,5,8-10H2,1H3,(H,19,20). The smallest absolute Gasteiger partial charge is 0.329 e. The molecule has 1 unspecified atom stereocenters. The zero-order valence-electron chi connectivity index (χ0n) is 11.4. The van der Waals surface area contributed by atoms with Crippen LogP contribution in [0.1, 0.15) is 43.0 Å². The first-order chi connectivity index (χ1) is 9.53. The predicted molar refractivity (Wildman–Crippen MR) is 79.7 cm³/mol. The molecule has 1 fully saturated rings. The molecule has 1 aliphatic heterocycles. The second-order valence-electron chi connectivity index (χ2n) is 5.13. The number of carbonyl (C=O) groups excluding carboxylic acids is 1. The number of benzene rings is 1. The Labute approximate surface area is 126 Å². The zero-order chi connectivity index (χ0) is 14.8. The van der Waals surface area contributed by atoms with E-state index in [-0.39, 0.29) is 5.91 Å². The van der Waals surface area contributed by atoms with Gasteiger partial charge in [-0.25, -0.2) is 4.79 Å². The van der Waals surface area contributed by atoms with Gasteiger partial charge >= 0.3 is 5.97 Å². The van der Waals surface area contributed by atoms with Crippen molar-refractivity contribution in [3.63, 3.8) is 0 Å². The molecule has 1 aliphatic rings. The Balaban J connectivity index is 2.38. The Morgan fingerprint density at radius 3 is 2.70 bits per heavy atom. The number of amides is 1. The molecule has 1 amide bonds. The van der Waals surface area contributed by atoms with Gasteiger partial charge in [-0.2, -0.15) is 0 Å². The lowest BCUT2D eigenvalue weighted by Gasteiger charge is -2.35. The van der Waals surface area contributed by atoms with Gasteiger partial charge in [0.2, 0.25) is 0 Å². The Hall–Kier alpha value is -1.36. The summed E-state index contributed by atoms with van der Waals surface area (Å²) in [6.45, 7) is 2.45. The van der Waals surface area contributed by atoms with E-state index in [4.69, 9.17) is 0 Å². The minimum absolute atomic E-state index is 0.203. The van der Waals surface area contributed by atoms with E-state index in [1.165, 1.54) is 0 Å². The third kappa shape index (κ3) is 2.46. The van der Waals surface area contributed by atoms with Gasteiger partial charge in [-0.1, -0.05) is 25.5 Å². The summed E-state index contributed by atoms with van der Waals surface area (Å²) in [6, 6.07) is 7.15. The minimum atomic E-state index is -1.04. The van der Waals surface area contributed by atoms with Crippen molar-refractivity contribution in [2.24, 2.45) is 0 Å². The Morgan fingerprint density at radius 1 is 1.40 bits per heavy atom. The molecule has 2 rings (SSSR count). The van der Waals surface area contributed by atoms with Gasteiger partial charge in [0, 0.05) is 11.0 Å². The van der Waals surface area contributed by atoms with Gasteiger partial charge < -0.3 is 10.0 Å². The van der Waals surface area contributed by atoms with Crippen LogP contribution in [0.4, 0.5) is 0 Å². The van der Waals surface area contributed by atoms with Gasteiger partial charge in [0.05, 0.1) is 5.56 Å². The third-order valence-corrected chi connectivity index (χ3v) is 4.59. The van der Waals surface area contributed by atoms with Gasteiger partial charge in [0.1, 0.15) is 5.54 Å². The van der Waals surface area contributed by atoms with Crippen LogP contribution in [0, 0.1) is 0 Å². The van der Waals surface area contributed by atoms with E-state index in [0.29, 0.717) is 29.4 Å². The number of rotatable bonds is 4. The fourth-order valence-corrected chi connectivity index (χ4v) is 3.41. The summed E-state index contributed by atoms with van der Waals surface area (Å²) in [6.07, 6.45) is 2.51. The van der Waals surface area contributed by atoms with Gasteiger partial charge in [-0.05, 0) is 47.3 Å². The first kappa shape index (κ1) is 15.0. The molecule has 1 atom stereocenters. The summed E-state index contributed by atoms with van der Waals surface area (Å²) in [5.74, 6) is -1.09. The summed E-state index contributed by atoms with van der Waals surface area (Å²) in [5, 5.41) is 9.62. The lowest BCUT2D eigenvalue weighted by Crippen LogP contribution is -2.53. The molecular weight excluding hydrogens is 322 g/mol. The van der Waals surface area contributed by atoms with Crippen molar-refractivity contribution in [3.8, 4) is 0 Å². The number of carboxylic acids is 1. The van der Waals surface area contributed by atoms with E-state index in [1.54, 1.807) is 23.1 Å². The SMILES string of the molecule is CCCC1(C(=O)O)CCCN1C(=O)c1ccccc1Br. The second-order valence-corrected chi connectivity index (χ2v) is 5.98. The summed E-state index contributed by atoms with van der Waals surface area (Å²) in [7, 11) is 0. The molecule has 0 aliphatic carbocycles. The molecule has 1 aromatic rings. The molecule has 0 radical (unpaired) electrons. The monoisotopic (exact) mass is 339 g/mol. The van der Waals surface area contributed by atoms with Crippen molar-refractivity contribution in [2.45, 2.75) is 38.1 Å². The molecular formula is C15H18BrNO3. The van der Waals surface area contributed by atoms with Crippen molar-refractivity contribution in [3.05, 3.63) is 34.3 Å². The highest BCUT2D eigenvalue weighted by Gasteiger charge is 2.49. The topological polar surface area (TPSA) is 57.6 Å². The van der Waals surface area contributed by atoms with Gasteiger partial charge in [0.25, 0.3) is 5.91 Å². The van der Waals surface area contributed by atoms with E-state index in [1.807, 2.05) is 13.0 Å². The van der Waals surface area contributed by atoms with E-state index in [0.717, 1.165) is 12.8 Å². The first-order valence-electron chi connectivity index (χ1n) is 6.83. The maximum Gasteiger partial charge on any atom is 0.329 e. The van der Waals surface area contributed by atoms with Crippen LogP contribution in [-0.2, 0) is 4.79 Å². The Kier molecular flexibility index (Phi) is 4.48. The summed E-state index contributed by atoms with van der Waals surface area (Å²) < 4.78 is 0.702. The Bertz CT molecular complexity index is 532. The molecule has 0 aromatic heterocycles. The molecule has 1 saturated heterocycles. The molecule has 1 N–H and O–H groups in total. The molecule has 1 aromatic carbocycles. The number of likely N-dealkylation sites (tertiary alicyclic amines) is 1. The van der Waals surface area contributed by atoms with Gasteiger partial charge in [-0.15, -0.1) is 0 Å². The fourth-order valence-electron chi connectivity index (χ4n) is 2.96. The molecule has 0 saturated carbocycles. The number of halogens is 1. The lowest BCUT2D eigenvalue weighted by molar-refractivity contribution is -0.148. The maximum absolute atomic E-state index is 12.7. The summed E-state index contributed by atoms with van der Waals surface area (Å²) in [4.78, 5) is 26.0. The molecule has 0 bridgehead atoms. The number of aliphatic carboxylic acids is 1. The van der Waals surface area contributed by atoms with Crippen LogP contribution < -0.4 is 0 Å². The normalized spacial score (nSPS) is 22.0. The summed E-state index contributed by atoms with van der Waals surface area (Å²) in [5.41, 5.74) is -0.516. The van der Waals surface area contributed by atoms with Crippen molar-refractivity contribution < 1.29 is 14.7 Å². The number of carbonyl (C=O) groups is 2. The van der Waals surface area contributed by atoms with E-state index >= 15 is 0 Å². The quantitative estimate of drug-likeness (QED) is 0.915. The molecule has 20 heavy (non-hydrogen) atoms. The number of hydrogen-bond donors (Lipinski definition) is 1. The Morgan fingerprint density at radius 2 is 2.10 bits per heavy atom. The minimum Gasteiger partial charge on any atom is -0.479 e. The average Bonchev–Trinajstić information content (AvgIpc) is 2.84. The fraction of sp³-hybridized carbons (Fsp3) is 0.467. The van der Waals surface area contributed by atoms with Crippen LogP contribution >= 0.6 is 15.9 Å². The van der Waals surface area contributed by atoms with E-state index < -0.39 is 11.5 Å². The maximum atomic E-state index is 12.7. The highest BCUT2D eigenvalue weighted by molar-refractivity contribution is 9.10. The highest BCUT2D eigenvalue weighted by Crippen LogP contribution is 2.36. The molecule has 1 heterocycles. The average molecular weight is 340 g/mol. The molecule has 108 valence electrons. The van der Waals surface area contributed by atoms with Crippen LogP contribution in [0.25, 0.3) is 0 Å². The second kappa shape index (κ2) is 5.95. The van der Waals surface area contributed by atoms with E-state index in [9.17, 15) is 14.7 Å². The van der Waals surface area contributed by atoms with Crippen LogP contribution in [0.3, 0.4) is 0 Å². The molecule has 4 nitrogen and oxygen atoms in total. The third-order valence-electron chi connectivity index (χ3n) is 3.90. The van der Waals surface area contributed by atoms with Crippen LogP contribution in [0.15, 0.2) is 28.7 Å². The van der Waals surface area contributed by atoms with Crippen molar-refractivity contribution >= 4 is 27.8 Å². The van der Waals surface area contributed by atoms with Gasteiger partial charge in [0.15, 0.2) is 0 Å². The number of hydrogen-bond acceptors (Lipinski definition) is 2. The molecule has 0 spiro atoms. The van der Waals surface area contributed by atoms with Crippen LogP contribution in [0.5, 0.6) is 0 Å². The lowest BCUT2D eigenvalue weighted by atomic mass is 9.90. The van der Waals surface area contributed by atoms with Crippen molar-refractivity contribution in [2.75, 3.05) is 6.54 Å². The van der Waals surface area contributed by atoms with Crippen LogP contribution in [0.2, 0.25) is 0 Å². The predicted octanol–water partition coefficient (Wildman–Crippen LogP) is 3.31. The number of nitrogens with zero attached hydrogens (tertiary/aromatic N) is 1. The van der Waals surface area contributed by atoms with Crippen molar-refractivity contribution in [1.82, 2.24) is 4.90 Å². The largest absolute Gasteiger partial charge is 0.479 e.